The minimum Gasteiger partial charge on any atom is -0.469 e. The van der Waals surface area contributed by atoms with Crippen LogP contribution in [0.25, 0.3) is 11.1 Å². The van der Waals surface area contributed by atoms with Crippen LogP contribution in [0.1, 0.15) is 101 Å². The summed E-state index contributed by atoms with van der Waals surface area (Å²) in [5.41, 5.74) is 7.74. The standard InChI is InChI=1S/C44H54ClN7O5/c1-27-28(24-38(53)40-46-34-25-52(21-14-36(34)49(40)3)30-16-22-57-23-17-30)8-6-9-31(27)32-10-7-11-33(39(32)45)48-42(54)41-47-35-26-51(20-15-37(35)50(41)4)29-12-18-44(2,19-13-29)43(55)56-5/h6-11,29-30H,12-26H2,1-5H3,(H,48,54). The fourth-order valence-corrected chi connectivity index (χ4v) is 9.99. The maximum absolute atomic E-state index is 13.9. The zero-order valence-corrected chi connectivity index (χ0v) is 34.6. The normalized spacial score (nSPS) is 21.8. The highest BCUT2D eigenvalue weighted by molar-refractivity contribution is 6.36. The Labute approximate surface area is 339 Å². The molecule has 2 fully saturated rings. The number of ketones is 1. The number of carbonyl (C=O) groups is 3. The zero-order valence-electron chi connectivity index (χ0n) is 33.8. The zero-order chi connectivity index (χ0) is 40.0. The molecule has 5 heterocycles. The first-order valence-electron chi connectivity index (χ1n) is 20.4. The third-order valence-electron chi connectivity index (χ3n) is 13.3. The summed E-state index contributed by atoms with van der Waals surface area (Å²) in [5.74, 6) is 0.378. The average Bonchev–Trinajstić information content (AvgIpc) is 3.74. The van der Waals surface area contributed by atoms with Crippen molar-refractivity contribution < 1.29 is 23.9 Å². The Balaban J connectivity index is 0.945. The number of halogens is 1. The van der Waals surface area contributed by atoms with E-state index in [1.807, 2.05) is 67.4 Å². The number of anilines is 1. The first kappa shape index (κ1) is 39.5. The topological polar surface area (TPSA) is 124 Å². The van der Waals surface area contributed by atoms with Crippen molar-refractivity contribution in [2.75, 3.05) is 38.7 Å². The number of benzene rings is 2. The summed E-state index contributed by atoms with van der Waals surface area (Å²) in [4.78, 5) is 54.7. The molecule has 4 aromatic rings. The molecule has 13 heteroatoms. The van der Waals surface area contributed by atoms with Crippen molar-refractivity contribution in [3.63, 3.8) is 0 Å². The number of ether oxygens (including phenoxy) is 2. The van der Waals surface area contributed by atoms with Gasteiger partial charge in [0.2, 0.25) is 5.78 Å². The molecule has 4 aliphatic rings. The van der Waals surface area contributed by atoms with Crippen molar-refractivity contribution in [2.24, 2.45) is 19.5 Å². The average molecular weight is 796 g/mol. The monoisotopic (exact) mass is 795 g/mol. The number of nitrogens with one attached hydrogen (secondary N) is 1. The number of Topliss-reactive ketones (excluding diaryl/α,β-unsaturated/α-hetero) is 1. The third kappa shape index (κ3) is 7.57. The van der Waals surface area contributed by atoms with Crippen molar-refractivity contribution in [1.29, 1.82) is 0 Å². The molecule has 0 bridgehead atoms. The Kier molecular flexibility index (Phi) is 11.2. The molecule has 1 N–H and O–H groups in total. The summed E-state index contributed by atoms with van der Waals surface area (Å²) >= 11 is 7.07. The van der Waals surface area contributed by atoms with E-state index in [0.29, 0.717) is 41.0 Å². The molecule has 302 valence electrons. The van der Waals surface area contributed by atoms with Gasteiger partial charge >= 0.3 is 5.97 Å². The van der Waals surface area contributed by atoms with E-state index in [0.717, 1.165) is 129 Å². The Morgan fingerprint density at radius 3 is 2.09 bits per heavy atom. The molecule has 2 aromatic heterocycles. The lowest BCUT2D eigenvalue weighted by molar-refractivity contribution is -0.154. The number of fused-ring (bicyclic) bond motifs is 2. The quantitative estimate of drug-likeness (QED) is 0.150. The highest BCUT2D eigenvalue weighted by Crippen LogP contribution is 2.40. The molecule has 0 spiro atoms. The fourth-order valence-electron chi connectivity index (χ4n) is 9.71. The second kappa shape index (κ2) is 16.1. The number of aromatic nitrogens is 4. The molecule has 3 aliphatic heterocycles. The van der Waals surface area contributed by atoms with Gasteiger partial charge < -0.3 is 23.9 Å². The summed E-state index contributed by atoms with van der Waals surface area (Å²) in [5, 5.41) is 3.46. The molecule has 0 radical (unpaired) electrons. The number of imidazole rings is 2. The van der Waals surface area contributed by atoms with Crippen LogP contribution in [-0.4, -0.2) is 92.1 Å². The smallest absolute Gasteiger partial charge is 0.311 e. The predicted octanol–water partition coefficient (Wildman–Crippen LogP) is 6.48. The van der Waals surface area contributed by atoms with E-state index >= 15 is 0 Å². The maximum Gasteiger partial charge on any atom is 0.311 e. The number of hydrogen-bond acceptors (Lipinski definition) is 9. The van der Waals surface area contributed by atoms with Crippen LogP contribution in [0.4, 0.5) is 5.69 Å². The van der Waals surface area contributed by atoms with E-state index in [1.54, 1.807) is 6.07 Å². The van der Waals surface area contributed by atoms with Crippen LogP contribution in [0.2, 0.25) is 5.02 Å². The van der Waals surface area contributed by atoms with Gasteiger partial charge in [-0.05, 0) is 75.1 Å². The maximum atomic E-state index is 13.9. The van der Waals surface area contributed by atoms with E-state index in [-0.39, 0.29) is 24.1 Å². The Hall–Kier alpha value is -4.36. The van der Waals surface area contributed by atoms with Crippen LogP contribution in [-0.2, 0) is 60.7 Å². The Bertz CT molecular complexity index is 2200. The highest BCUT2D eigenvalue weighted by atomic mass is 35.5. The number of carbonyl (C=O) groups excluding carboxylic acids is 3. The van der Waals surface area contributed by atoms with Crippen molar-refractivity contribution in [3.05, 3.63) is 87.0 Å². The van der Waals surface area contributed by atoms with E-state index < -0.39 is 5.41 Å². The second-order valence-electron chi connectivity index (χ2n) is 16.7. The lowest BCUT2D eigenvalue weighted by Gasteiger charge is -2.41. The highest BCUT2D eigenvalue weighted by Gasteiger charge is 2.41. The van der Waals surface area contributed by atoms with Gasteiger partial charge in [0.15, 0.2) is 11.6 Å². The van der Waals surface area contributed by atoms with Gasteiger partial charge in [-0.25, -0.2) is 9.97 Å². The van der Waals surface area contributed by atoms with Gasteiger partial charge in [0.05, 0.1) is 34.6 Å². The van der Waals surface area contributed by atoms with Crippen LogP contribution < -0.4 is 5.32 Å². The minimum atomic E-state index is -0.421. The Morgan fingerprint density at radius 1 is 0.860 bits per heavy atom. The fraction of sp³-hybridized carbons (Fsp3) is 0.523. The predicted molar refractivity (Wildman–Crippen MR) is 218 cm³/mol. The van der Waals surface area contributed by atoms with Crippen LogP contribution in [0, 0.1) is 12.3 Å². The molecule has 12 nitrogen and oxygen atoms in total. The second-order valence-corrected chi connectivity index (χ2v) is 17.0. The van der Waals surface area contributed by atoms with Gasteiger partial charge in [0.1, 0.15) is 0 Å². The summed E-state index contributed by atoms with van der Waals surface area (Å²) in [7, 11) is 5.32. The molecule has 1 saturated carbocycles. The molecule has 1 saturated heterocycles. The van der Waals surface area contributed by atoms with Crippen LogP contribution in [0.5, 0.6) is 0 Å². The van der Waals surface area contributed by atoms with E-state index in [2.05, 4.69) is 15.1 Å². The molecular weight excluding hydrogens is 742 g/mol. The number of rotatable bonds is 9. The van der Waals surface area contributed by atoms with Gasteiger partial charge in [-0.2, -0.15) is 0 Å². The van der Waals surface area contributed by atoms with Crippen LogP contribution in [0.15, 0.2) is 36.4 Å². The lowest BCUT2D eigenvalue weighted by atomic mass is 9.73. The SMILES string of the molecule is COC(=O)C1(C)CCC(N2CCc3c(nc(C(=O)Nc4cccc(-c5cccc(CC(=O)c6nc7c(n6C)CCN(C6CCOCC6)C7)c5C)c4Cl)n3C)C2)CC1. The van der Waals surface area contributed by atoms with Crippen molar-refractivity contribution in [1.82, 2.24) is 28.9 Å². The van der Waals surface area contributed by atoms with E-state index in [9.17, 15) is 14.4 Å². The van der Waals surface area contributed by atoms with Gasteiger partial charge in [-0.1, -0.05) is 41.9 Å². The minimum absolute atomic E-state index is 0.0157. The van der Waals surface area contributed by atoms with E-state index in [4.69, 9.17) is 31.0 Å². The first-order chi connectivity index (χ1) is 27.5. The molecule has 8 rings (SSSR count). The molecule has 1 aliphatic carbocycles. The van der Waals surface area contributed by atoms with Crippen molar-refractivity contribution in [2.45, 2.75) is 96.8 Å². The summed E-state index contributed by atoms with van der Waals surface area (Å²) in [6, 6.07) is 12.4. The number of methoxy groups -OCH3 is 1. The van der Waals surface area contributed by atoms with Crippen molar-refractivity contribution in [3.8, 4) is 11.1 Å². The Morgan fingerprint density at radius 2 is 1.44 bits per heavy atom. The molecular formula is C44H54ClN7O5. The van der Waals surface area contributed by atoms with Crippen LogP contribution >= 0.6 is 11.6 Å². The summed E-state index contributed by atoms with van der Waals surface area (Å²) in [6.45, 7) is 8.91. The number of hydrogen-bond donors (Lipinski definition) is 1. The van der Waals surface area contributed by atoms with E-state index in [1.165, 1.54) is 7.11 Å². The number of esters is 1. The summed E-state index contributed by atoms with van der Waals surface area (Å²) in [6.07, 6.45) is 7.43. The molecule has 57 heavy (non-hydrogen) atoms. The lowest BCUT2D eigenvalue weighted by Crippen LogP contribution is -2.45. The molecule has 0 atom stereocenters. The molecule has 1 amide bonds. The number of amides is 1. The van der Waals surface area contributed by atoms with Crippen molar-refractivity contribution >= 4 is 34.9 Å². The van der Waals surface area contributed by atoms with Gasteiger partial charge in [-0.15, -0.1) is 0 Å². The van der Waals surface area contributed by atoms with Gasteiger partial charge in [-0.3, -0.25) is 24.2 Å². The molecule has 2 aromatic carbocycles. The molecule has 0 unspecified atom stereocenters. The van der Waals surface area contributed by atoms with Gasteiger partial charge in [0, 0.05) is 102 Å². The van der Waals surface area contributed by atoms with Gasteiger partial charge in [0.25, 0.3) is 5.91 Å². The summed E-state index contributed by atoms with van der Waals surface area (Å²) < 4.78 is 14.6. The van der Waals surface area contributed by atoms with Crippen LogP contribution in [0.3, 0.4) is 0 Å². The number of nitrogens with zero attached hydrogens (tertiary/aromatic N) is 6. The largest absolute Gasteiger partial charge is 0.469 e. The third-order valence-corrected chi connectivity index (χ3v) is 13.7. The first-order valence-corrected chi connectivity index (χ1v) is 20.8.